The molecule has 0 N–H and O–H groups in total. The van der Waals surface area contributed by atoms with E-state index in [9.17, 15) is 0 Å². The molecule has 2 heteroatoms. The number of aryl methyl sites for hydroxylation is 2. The van der Waals surface area contributed by atoms with Gasteiger partial charge in [-0.25, -0.2) is 0 Å². The molecule has 0 amide bonds. The van der Waals surface area contributed by atoms with Gasteiger partial charge in [-0.1, -0.05) is 29.8 Å². The van der Waals surface area contributed by atoms with Crippen LogP contribution in [0.2, 0.25) is 0 Å². The average molecular weight is 237 g/mol. The fraction of sp³-hybridized carbons (Fsp3) is 0.231. The summed E-state index contributed by atoms with van der Waals surface area (Å²) in [5.41, 5.74) is 5.12. The maximum atomic E-state index is 5.93. The van der Waals surface area contributed by atoms with Crippen LogP contribution in [-0.4, -0.2) is 0 Å². The number of hydrogen-bond acceptors (Lipinski definition) is 1. The summed E-state index contributed by atoms with van der Waals surface area (Å²) in [5.74, 6) is 0.591. The lowest BCUT2D eigenvalue weighted by Crippen LogP contribution is -1.83. The van der Waals surface area contributed by atoms with Gasteiger partial charge < -0.3 is 0 Å². The van der Waals surface area contributed by atoms with Crippen LogP contribution in [0.5, 0.6) is 0 Å². The van der Waals surface area contributed by atoms with Crippen LogP contribution in [0.4, 0.5) is 0 Å². The zero-order valence-electron chi connectivity index (χ0n) is 8.88. The first-order chi connectivity index (χ1) is 7.22. The van der Waals surface area contributed by atoms with Gasteiger partial charge in [0.2, 0.25) is 0 Å². The summed E-state index contributed by atoms with van der Waals surface area (Å²) in [6, 6.07) is 8.62. The number of benzene rings is 1. The molecule has 1 aromatic heterocycles. The summed E-state index contributed by atoms with van der Waals surface area (Å²) in [7, 11) is 0. The molecule has 0 radical (unpaired) electrons. The Bertz CT molecular complexity index is 454. The van der Waals surface area contributed by atoms with Crippen molar-refractivity contribution in [3.8, 4) is 11.1 Å². The fourth-order valence-electron chi connectivity index (χ4n) is 1.71. The molecule has 15 heavy (non-hydrogen) atoms. The number of rotatable bonds is 2. The van der Waals surface area contributed by atoms with E-state index in [2.05, 4.69) is 43.5 Å². The number of halogens is 1. The molecular weight excluding hydrogens is 224 g/mol. The molecule has 0 aliphatic carbocycles. The summed E-state index contributed by atoms with van der Waals surface area (Å²) < 4.78 is 0. The molecular formula is C13H13ClS. The quantitative estimate of drug-likeness (QED) is 0.659. The van der Waals surface area contributed by atoms with E-state index >= 15 is 0 Å². The molecule has 0 saturated carbocycles. The Balaban J connectivity index is 2.52. The zero-order valence-corrected chi connectivity index (χ0v) is 10.5. The number of alkyl halides is 1. The van der Waals surface area contributed by atoms with E-state index in [1.54, 1.807) is 11.3 Å². The van der Waals surface area contributed by atoms with E-state index in [1.807, 2.05) is 0 Å². The van der Waals surface area contributed by atoms with Gasteiger partial charge in [0.1, 0.15) is 0 Å². The lowest BCUT2D eigenvalue weighted by atomic mass is 10.0. The molecule has 2 rings (SSSR count). The van der Waals surface area contributed by atoms with Crippen molar-refractivity contribution in [2.45, 2.75) is 19.7 Å². The zero-order chi connectivity index (χ0) is 10.8. The molecule has 0 fully saturated rings. The van der Waals surface area contributed by atoms with Gasteiger partial charge in [-0.3, -0.25) is 0 Å². The van der Waals surface area contributed by atoms with Crippen LogP contribution < -0.4 is 0 Å². The molecule has 1 heterocycles. The molecule has 0 spiro atoms. The molecule has 78 valence electrons. The third-order valence-corrected chi connectivity index (χ3v) is 3.78. The van der Waals surface area contributed by atoms with Crippen molar-refractivity contribution in [1.82, 2.24) is 0 Å². The van der Waals surface area contributed by atoms with Gasteiger partial charge in [0.15, 0.2) is 0 Å². The Morgan fingerprint density at radius 2 is 1.80 bits per heavy atom. The van der Waals surface area contributed by atoms with Crippen molar-refractivity contribution in [2.75, 3.05) is 0 Å². The van der Waals surface area contributed by atoms with E-state index in [-0.39, 0.29) is 0 Å². The maximum absolute atomic E-state index is 5.93. The van der Waals surface area contributed by atoms with Crippen LogP contribution in [0.3, 0.4) is 0 Å². The van der Waals surface area contributed by atoms with Crippen molar-refractivity contribution >= 4 is 22.9 Å². The summed E-state index contributed by atoms with van der Waals surface area (Å²) in [6.07, 6.45) is 0. The topological polar surface area (TPSA) is 0 Å². The van der Waals surface area contributed by atoms with Gasteiger partial charge in [0.25, 0.3) is 0 Å². The van der Waals surface area contributed by atoms with Crippen LogP contribution >= 0.6 is 22.9 Å². The Kier molecular flexibility index (Phi) is 3.13. The molecule has 1 aromatic carbocycles. The van der Waals surface area contributed by atoms with Gasteiger partial charge in [-0.05, 0) is 35.9 Å². The predicted octanol–water partition coefficient (Wildman–Crippen LogP) is 4.77. The molecule has 2 aromatic rings. The van der Waals surface area contributed by atoms with Crippen LogP contribution in [0.25, 0.3) is 11.1 Å². The SMILES string of the molecule is Cc1ccc(-c2c(CCl)csc2C)cc1. The van der Waals surface area contributed by atoms with Crippen molar-refractivity contribution in [1.29, 1.82) is 0 Å². The highest BCUT2D eigenvalue weighted by molar-refractivity contribution is 7.10. The van der Waals surface area contributed by atoms with E-state index in [1.165, 1.54) is 27.1 Å². The Morgan fingerprint density at radius 3 is 2.40 bits per heavy atom. The second-order valence-corrected chi connectivity index (χ2v) is 5.04. The van der Waals surface area contributed by atoms with Crippen molar-refractivity contribution in [3.05, 3.63) is 45.6 Å². The highest BCUT2D eigenvalue weighted by atomic mass is 35.5. The fourth-order valence-corrected chi connectivity index (χ4v) is 2.90. The maximum Gasteiger partial charge on any atom is 0.0488 e. The van der Waals surface area contributed by atoms with Crippen molar-refractivity contribution in [2.24, 2.45) is 0 Å². The van der Waals surface area contributed by atoms with Crippen molar-refractivity contribution < 1.29 is 0 Å². The van der Waals surface area contributed by atoms with Gasteiger partial charge in [-0.2, -0.15) is 0 Å². The first-order valence-electron chi connectivity index (χ1n) is 4.92. The summed E-state index contributed by atoms with van der Waals surface area (Å²) in [5, 5.41) is 2.15. The Labute approximate surface area is 99.5 Å². The lowest BCUT2D eigenvalue weighted by molar-refractivity contribution is 1.41. The van der Waals surface area contributed by atoms with Crippen molar-refractivity contribution in [3.63, 3.8) is 0 Å². The minimum Gasteiger partial charge on any atom is -0.148 e. The van der Waals surface area contributed by atoms with Crippen LogP contribution in [-0.2, 0) is 5.88 Å². The second-order valence-electron chi connectivity index (χ2n) is 3.69. The third kappa shape index (κ3) is 2.09. The molecule has 0 aliphatic heterocycles. The van der Waals surface area contributed by atoms with Gasteiger partial charge in [-0.15, -0.1) is 22.9 Å². The standard InChI is InChI=1S/C13H13ClS/c1-9-3-5-11(6-4-9)13-10(2)15-8-12(13)7-14/h3-6,8H,7H2,1-2H3. The van der Waals surface area contributed by atoms with Crippen LogP contribution in [0, 0.1) is 13.8 Å². The largest absolute Gasteiger partial charge is 0.148 e. The Morgan fingerprint density at radius 1 is 1.13 bits per heavy atom. The molecule has 0 bridgehead atoms. The van der Waals surface area contributed by atoms with Crippen LogP contribution in [0.1, 0.15) is 16.0 Å². The van der Waals surface area contributed by atoms with Gasteiger partial charge in [0.05, 0.1) is 0 Å². The van der Waals surface area contributed by atoms with Gasteiger partial charge in [0, 0.05) is 10.8 Å². The predicted molar refractivity (Wildman–Crippen MR) is 68.8 cm³/mol. The normalized spacial score (nSPS) is 10.6. The van der Waals surface area contributed by atoms with E-state index in [0.29, 0.717) is 5.88 Å². The monoisotopic (exact) mass is 236 g/mol. The minimum absolute atomic E-state index is 0.591. The van der Waals surface area contributed by atoms with Gasteiger partial charge >= 0.3 is 0 Å². The molecule has 0 unspecified atom stereocenters. The van der Waals surface area contributed by atoms with E-state index < -0.39 is 0 Å². The summed E-state index contributed by atoms with van der Waals surface area (Å²) in [4.78, 5) is 1.34. The average Bonchev–Trinajstić information content (AvgIpc) is 2.61. The first-order valence-corrected chi connectivity index (χ1v) is 6.33. The molecule has 0 nitrogen and oxygen atoms in total. The number of thiophene rings is 1. The molecule has 0 saturated heterocycles. The number of hydrogen-bond donors (Lipinski definition) is 0. The minimum atomic E-state index is 0.591. The van der Waals surface area contributed by atoms with E-state index in [4.69, 9.17) is 11.6 Å². The smallest absolute Gasteiger partial charge is 0.0488 e. The van der Waals surface area contributed by atoms with Crippen LogP contribution in [0.15, 0.2) is 29.6 Å². The molecule has 0 atom stereocenters. The molecule has 0 aliphatic rings. The highest BCUT2D eigenvalue weighted by Gasteiger charge is 2.09. The summed E-state index contributed by atoms with van der Waals surface area (Å²) >= 11 is 7.70. The highest BCUT2D eigenvalue weighted by Crippen LogP contribution is 2.33. The Hall–Kier alpha value is -0.790. The third-order valence-electron chi connectivity index (χ3n) is 2.54. The lowest BCUT2D eigenvalue weighted by Gasteiger charge is -2.04. The summed E-state index contributed by atoms with van der Waals surface area (Å²) in [6.45, 7) is 4.25. The van der Waals surface area contributed by atoms with E-state index in [0.717, 1.165) is 0 Å². The second kappa shape index (κ2) is 4.38. The first kappa shape index (κ1) is 10.7.